The second-order valence-corrected chi connectivity index (χ2v) is 8.18. The molecule has 0 spiro atoms. The zero-order chi connectivity index (χ0) is 26.1. The molecule has 188 valence electrons. The number of rotatable bonds is 7. The number of pyridine rings is 1. The predicted molar refractivity (Wildman–Crippen MR) is 132 cm³/mol. The summed E-state index contributed by atoms with van der Waals surface area (Å²) in [6, 6.07) is 12.9. The van der Waals surface area contributed by atoms with E-state index in [2.05, 4.69) is 5.32 Å². The lowest BCUT2D eigenvalue weighted by atomic mass is 10.0. The molecule has 37 heavy (non-hydrogen) atoms. The molecule has 9 nitrogen and oxygen atoms in total. The zero-order valence-electron chi connectivity index (χ0n) is 19.9. The molecule has 0 fully saturated rings. The van der Waals surface area contributed by atoms with Crippen LogP contribution in [0.5, 0.6) is 23.0 Å². The average Bonchev–Trinajstić information content (AvgIpc) is 3.37. The first-order chi connectivity index (χ1) is 17.9. The molecule has 0 saturated carbocycles. The van der Waals surface area contributed by atoms with Crippen LogP contribution in [0.3, 0.4) is 0 Å². The Labute approximate surface area is 209 Å². The number of halogens is 1. The summed E-state index contributed by atoms with van der Waals surface area (Å²) in [5.74, 6) is 0.192. The summed E-state index contributed by atoms with van der Waals surface area (Å²) >= 11 is 0. The number of benzene rings is 3. The second kappa shape index (κ2) is 9.65. The van der Waals surface area contributed by atoms with Crippen LogP contribution in [0.1, 0.15) is 15.9 Å². The third-order valence-electron chi connectivity index (χ3n) is 5.91. The number of nitrogens with one attached hydrogen (secondary N) is 1. The number of hydrogen-bond acceptors (Lipinski definition) is 7. The summed E-state index contributed by atoms with van der Waals surface area (Å²) in [6.45, 7) is -0.241. The van der Waals surface area contributed by atoms with Gasteiger partial charge in [0.25, 0.3) is 0 Å². The highest BCUT2D eigenvalue weighted by atomic mass is 19.1. The average molecular weight is 504 g/mol. The SMILES string of the molecule is COc1ccc(NC(=O)Cn2cc(C(=O)c3ccc(F)cc3)c(=O)c3cc4c(cc32)OCO4)cc1OC. The first kappa shape index (κ1) is 23.9. The second-order valence-electron chi connectivity index (χ2n) is 8.18. The van der Waals surface area contributed by atoms with Crippen LogP contribution in [0.15, 0.2) is 65.6 Å². The number of aromatic nitrogens is 1. The maximum absolute atomic E-state index is 13.4. The van der Waals surface area contributed by atoms with Crippen LogP contribution >= 0.6 is 0 Å². The van der Waals surface area contributed by atoms with E-state index in [0.29, 0.717) is 34.2 Å². The van der Waals surface area contributed by atoms with Crippen molar-refractivity contribution in [2.75, 3.05) is 26.3 Å². The van der Waals surface area contributed by atoms with Crippen molar-refractivity contribution in [3.8, 4) is 23.0 Å². The molecular weight excluding hydrogens is 483 g/mol. The van der Waals surface area contributed by atoms with Gasteiger partial charge in [0.2, 0.25) is 18.1 Å². The van der Waals surface area contributed by atoms with Crippen molar-refractivity contribution in [2.45, 2.75) is 6.54 Å². The lowest BCUT2D eigenvalue weighted by Crippen LogP contribution is -2.24. The largest absolute Gasteiger partial charge is 0.493 e. The Balaban J connectivity index is 1.55. The molecule has 1 aromatic heterocycles. The first-order valence-corrected chi connectivity index (χ1v) is 11.2. The quantitative estimate of drug-likeness (QED) is 0.382. The van der Waals surface area contributed by atoms with Gasteiger partial charge in [0, 0.05) is 29.6 Å². The number of methoxy groups -OCH3 is 2. The monoisotopic (exact) mass is 504 g/mol. The molecule has 4 aromatic rings. The highest BCUT2D eigenvalue weighted by Crippen LogP contribution is 2.35. The molecular formula is C27H21FN2O7. The smallest absolute Gasteiger partial charge is 0.244 e. The highest BCUT2D eigenvalue weighted by Gasteiger charge is 2.22. The Morgan fingerprint density at radius 2 is 1.68 bits per heavy atom. The fourth-order valence-electron chi connectivity index (χ4n) is 4.10. The Hall–Kier alpha value is -4.86. The van der Waals surface area contributed by atoms with E-state index >= 15 is 0 Å². The van der Waals surface area contributed by atoms with Gasteiger partial charge in [-0.25, -0.2) is 4.39 Å². The number of carbonyl (C=O) groups excluding carboxylic acids is 2. The van der Waals surface area contributed by atoms with Gasteiger partial charge in [-0.2, -0.15) is 0 Å². The molecule has 0 unspecified atom stereocenters. The number of amides is 1. The Morgan fingerprint density at radius 3 is 2.38 bits per heavy atom. The minimum atomic E-state index is -0.599. The molecule has 3 aromatic carbocycles. The van der Waals surface area contributed by atoms with E-state index in [9.17, 15) is 18.8 Å². The minimum absolute atomic E-state index is 0.0129. The number of hydrogen-bond donors (Lipinski definition) is 1. The molecule has 0 saturated heterocycles. The molecule has 10 heteroatoms. The first-order valence-electron chi connectivity index (χ1n) is 11.2. The van der Waals surface area contributed by atoms with Gasteiger partial charge in [-0.3, -0.25) is 14.4 Å². The predicted octanol–water partition coefficient (Wildman–Crippen LogP) is 3.76. The Bertz CT molecular complexity index is 1600. The fraction of sp³-hybridized carbons (Fsp3) is 0.148. The summed E-state index contributed by atoms with van der Waals surface area (Å²) in [6.07, 6.45) is 1.33. The summed E-state index contributed by atoms with van der Waals surface area (Å²) < 4.78 is 36.2. The van der Waals surface area contributed by atoms with Crippen molar-refractivity contribution in [3.05, 3.63) is 88.0 Å². The topological polar surface area (TPSA) is 105 Å². The maximum atomic E-state index is 13.4. The Morgan fingerprint density at radius 1 is 0.973 bits per heavy atom. The highest BCUT2D eigenvalue weighted by molar-refractivity contribution is 6.10. The van der Waals surface area contributed by atoms with Crippen LogP contribution in [-0.4, -0.2) is 37.3 Å². The fourth-order valence-corrected chi connectivity index (χ4v) is 4.10. The minimum Gasteiger partial charge on any atom is -0.493 e. The third kappa shape index (κ3) is 4.56. The zero-order valence-corrected chi connectivity index (χ0v) is 19.9. The molecule has 2 heterocycles. The molecule has 1 aliphatic heterocycles. The van der Waals surface area contributed by atoms with Gasteiger partial charge in [0.1, 0.15) is 12.4 Å². The summed E-state index contributed by atoms with van der Waals surface area (Å²) in [4.78, 5) is 39.6. The van der Waals surface area contributed by atoms with Crippen LogP contribution < -0.4 is 29.7 Å². The number of nitrogens with zero attached hydrogens (tertiary/aromatic N) is 1. The van der Waals surface area contributed by atoms with E-state index < -0.39 is 22.9 Å². The number of anilines is 1. The summed E-state index contributed by atoms with van der Waals surface area (Å²) in [7, 11) is 2.99. The van der Waals surface area contributed by atoms with E-state index in [1.165, 1.54) is 43.2 Å². The molecule has 1 aliphatic rings. The van der Waals surface area contributed by atoms with E-state index in [1.807, 2.05) is 0 Å². The van der Waals surface area contributed by atoms with Gasteiger partial charge >= 0.3 is 0 Å². The summed E-state index contributed by atoms with van der Waals surface area (Å²) in [5.41, 5.74) is 0.275. The number of ether oxygens (including phenoxy) is 4. The van der Waals surface area contributed by atoms with Crippen LogP contribution in [0.2, 0.25) is 0 Å². The Kier molecular flexibility index (Phi) is 6.22. The number of ketones is 1. The van der Waals surface area contributed by atoms with Gasteiger partial charge in [0.15, 0.2) is 28.8 Å². The van der Waals surface area contributed by atoms with Gasteiger partial charge in [-0.05, 0) is 42.5 Å². The summed E-state index contributed by atoms with van der Waals surface area (Å²) in [5, 5.41) is 2.96. The third-order valence-corrected chi connectivity index (χ3v) is 5.91. The van der Waals surface area contributed by atoms with Crippen molar-refractivity contribution >= 4 is 28.3 Å². The number of fused-ring (bicyclic) bond motifs is 2. The lowest BCUT2D eigenvalue weighted by molar-refractivity contribution is -0.116. The molecule has 0 aliphatic carbocycles. The van der Waals surface area contributed by atoms with E-state index in [4.69, 9.17) is 18.9 Å². The lowest BCUT2D eigenvalue weighted by Gasteiger charge is -2.15. The van der Waals surface area contributed by atoms with E-state index in [-0.39, 0.29) is 29.9 Å². The van der Waals surface area contributed by atoms with E-state index in [0.717, 1.165) is 12.1 Å². The van der Waals surface area contributed by atoms with Crippen LogP contribution in [0.4, 0.5) is 10.1 Å². The van der Waals surface area contributed by atoms with Crippen LogP contribution in [0, 0.1) is 5.82 Å². The van der Waals surface area contributed by atoms with Crippen molar-refractivity contribution in [3.63, 3.8) is 0 Å². The van der Waals surface area contributed by atoms with Gasteiger partial charge in [0.05, 0.1) is 30.7 Å². The maximum Gasteiger partial charge on any atom is 0.244 e. The van der Waals surface area contributed by atoms with Crippen LogP contribution in [0.25, 0.3) is 10.9 Å². The normalized spacial score (nSPS) is 11.9. The standard InChI is InChI=1S/C27H21FN2O7/c1-34-21-8-7-17(9-22(21)35-2)29-25(31)13-30-12-19(26(32)15-3-5-16(28)6-4-15)27(33)18-10-23-24(11-20(18)30)37-14-36-23/h3-12H,13-14H2,1-2H3,(H,29,31). The van der Waals surface area contributed by atoms with E-state index in [1.54, 1.807) is 24.3 Å². The number of carbonyl (C=O) groups is 2. The van der Waals surface area contributed by atoms with Gasteiger partial charge in [-0.1, -0.05) is 0 Å². The van der Waals surface area contributed by atoms with Crippen molar-refractivity contribution in [2.24, 2.45) is 0 Å². The van der Waals surface area contributed by atoms with Crippen molar-refractivity contribution < 1.29 is 32.9 Å². The van der Waals surface area contributed by atoms with Crippen molar-refractivity contribution in [1.29, 1.82) is 0 Å². The molecule has 0 radical (unpaired) electrons. The molecule has 1 N–H and O–H groups in total. The van der Waals surface area contributed by atoms with Gasteiger partial charge < -0.3 is 28.8 Å². The molecule has 0 atom stereocenters. The van der Waals surface area contributed by atoms with Crippen LogP contribution in [-0.2, 0) is 11.3 Å². The molecule has 0 bridgehead atoms. The molecule has 5 rings (SSSR count). The molecule has 1 amide bonds. The van der Waals surface area contributed by atoms with Gasteiger partial charge in [-0.15, -0.1) is 0 Å². The van der Waals surface area contributed by atoms with Crippen molar-refractivity contribution in [1.82, 2.24) is 4.57 Å².